The van der Waals surface area contributed by atoms with Crippen LogP contribution in [0.25, 0.3) is 10.9 Å². The number of aryl methyl sites for hydroxylation is 1. The lowest BCUT2D eigenvalue weighted by Gasteiger charge is -2.27. The molecule has 2 heterocycles. The van der Waals surface area contributed by atoms with Crippen molar-refractivity contribution in [3.05, 3.63) is 58.7 Å². The van der Waals surface area contributed by atoms with Crippen molar-refractivity contribution in [2.24, 2.45) is 5.41 Å². The summed E-state index contributed by atoms with van der Waals surface area (Å²) in [6, 6.07) is 9.28. The number of aromatic nitrogens is 1. The molecule has 1 aliphatic rings. The van der Waals surface area contributed by atoms with Crippen LogP contribution in [-0.2, 0) is 6.42 Å². The SMILES string of the molecule is Cc1ccc2cccc(OC(=O)c3oc4c(c3C)C(=O)CC(C)(C)C4)c2n1. The van der Waals surface area contributed by atoms with Gasteiger partial charge in [0.25, 0.3) is 0 Å². The van der Waals surface area contributed by atoms with Crippen LogP contribution in [0.2, 0.25) is 0 Å². The summed E-state index contributed by atoms with van der Waals surface area (Å²) in [6.07, 6.45) is 1.07. The van der Waals surface area contributed by atoms with Crippen LogP contribution in [0.5, 0.6) is 5.75 Å². The molecule has 5 heteroatoms. The van der Waals surface area contributed by atoms with Gasteiger partial charge in [-0.15, -0.1) is 0 Å². The number of furan rings is 1. The average molecular weight is 363 g/mol. The molecule has 0 fully saturated rings. The maximum Gasteiger partial charge on any atom is 0.380 e. The quantitative estimate of drug-likeness (QED) is 0.482. The topological polar surface area (TPSA) is 69.4 Å². The Morgan fingerprint density at radius 3 is 2.70 bits per heavy atom. The minimum Gasteiger partial charge on any atom is -0.453 e. The first kappa shape index (κ1) is 17.5. The Hall–Kier alpha value is -2.95. The van der Waals surface area contributed by atoms with Crippen molar-refractivity contribution in [2.45, 2.75) is 40.5 Å². The molecular formula is C22H21NO4. The fraction of sp³-hybridized carbons (Fsp3) is 0.318. The van der Waals surface area contributed by atoms with Gasteiger partial charge in [-0.3, -0.25) is 4.79 Å². The Morgan fingerprint density at radius 2 is 1.93 bits per heavy atom. The highest BCUT2D eigenvalue weighted by atomic mass is 16.5. The summed E-state index contributed by atoms with van der Waals surface area (Å²) >= 11 is 0. The number of para-hydroxylation sites is 1. The van der Waals surface area contributed by atoms with Gasteiger partial charge in [-0.2, -0.15) is 0 Å². The first-order valence-electron chi connectivity index (χ1n) is 8.99. The number of Topliss-reactive ketones (excluding diaryl/α,β-unsaturated/α-hetero) is 1. The molecule has 1 aromatic carbocycles. The molecule has 4 rings (SSSR count). The third kappa shape index (κ3) is 3.03. The van der Waals surface area contributed by atoms with Crippen LogP contribution in [-0.4, -0.2) is 16.7 Å². The number of ether oxygens (including phenoxy) is 1. The Bertz CT molecular complexity index is 1090. The Morgan fingerprint density at radius 1 is 1.15 bits per heavy atom. The summed E-state index contributed by atoms with van der Waals surface area (Å²) in [5.41, 5.74) is 2.38. The molecule has 0 saturated carbocycles. The number of hydrogen-bond acceptors (Lipinski definition) is 5. The highest BCUT2D eigenvalue weighted by molar-refractivity contribution is 6.03. The second-order valence-electron chi connectivity index (χ2n) is 7.97. The Labute approximate surface area is 157 Å². The molecule has 0 spiro atoms. The van der Waals surface area contributed by atoms with Gasteiger partial charge < -0.3 is 9.15 Å². The summed E-state index contributed by atoms with van der Waals surface area (Å²) in [7, 11) is 0. The van der Waals surface area contributed by atoms with Crippen LogP contribution >= 0.6 is 0 Å². The summed E-state index contributed by atoms with van der Waals surface area (Å²) < 4.78 is 11.4. The van der Waals surface area contributed by atoms with Gasteiger partial charge >= 0.3 is 5.97 Å². The molecule has 0 atom stereocenters. The summed E-state index contributed by atoms with van der Waals surface area (Å²) in [5.74, 6) is 0.456. The molecule has 0 amide bonds. The summed E-state index contributed by atoms with van der Waals surface area (Å²) in [5, 5.41) is 0.887. The van der Waals surface area contributed by atoms with Crippen molar-refractivity contribution in [3.63, 3.8) is 0 Å². The molecule has 0 aliphatic heterocycles. The smallest absolute Gasteiger partial charge is 0.380 e. The normalized spacial score (nSPS) is 15.6. The van der Waals surface area contributed by atoms with Crippen molar-refractivity contribution < 1.29 is 18.7 Å². The molecule has 2 aromatic heterocycles. The van der Waals surface area contributed by atoms with E-state index in [1.165, 1.54) is 0 Å². The van der Waals surface area contributed by atoms with E-state index in [-0.39, 0.29) is 17.0 Å². The van der Waals surface area contributed by atoms with Gasteiger partial charge in [0.15, 0.2) is 11.5 Å². The largest absolute Gasteiger partial charge is 0.453 e. The molecule has 3 aromatic rings. The third-order valence-electron chi connectivity index (χ3n) is 4.99. The van der Waals surface area contributed by atoms with Crippen molar-refractivity contribution in [1.82, 2.24) is 4.98 Å². The number of fused-ring (bicyclic) bond motifs is 2. The molecule has 0 bridgehead atoms. The number of carbonyl (C=O) groups excluding carboxylic acids is 2. The number of hydrogen-bond donors (Lipinski definition) is 0. The second kappa shape index (κ2) is 6.05. The van der Waals surface area contributed by atoms with E-state index in [9.17, 15) is 9.59 Å². The van der Waals surface area contributed by atoms with E-state index in [0.717, 1.165) is 11.1 Å². The van der Waals surface area contributed by atoms with E-state index in [1.807, 2.05) is 45.0 Å². The van der Waals surface area contributed by atoms with Gasteiger partial charge in [0.1, 0.15) is 11.3 Å². The Balaban J connectivity index is 1.71. The van der Waals surface area contributed by atoms with Crippen molar-refractivity contribution in [1.29, 1.82) is 0 Å². The van der Waals surface area contributed by atoms with Crippen molar-refractivity contribution in [3.8, 4) is 5.75 Å². The predicted molar refractivity (Wildman–Crippen MR) is 101 cm³/mol. The minimum absolute atomic E-state index is 0.0176. The molecule has 138 valence electrons. The number of pyridine rings is 1. The predicted octanol–water partition coefficient (Wildman–Crippen LogP) is 4.82. The first-order valence-corrected chi connectivity index (χ1v) is 8.99. The zero-order chi connectivity index (χ0) is 19.3. The zero-order valence-corrected chi connectivity index (χ0v) is 15.9. The lowest BCUT2D eigenvalue weighted by Crippen LogP contribution is -2.26. The van der Waals surface area contributed by atoms with Crippen molar-refractivity contribution in [2.75, 3.05) is 0 Å². The molecule has 0 saturated heterocycles. The van der Waals surface area contributed by atoms with Crippen molar-refractivity contribution >= 4 is 22.7 Å². The van der Waals surface area contributed by atoms with E-state index < -0.39 is 5.97 Å². The molecule has 27 heavy (non-hydrogen) atoms. The standard InChI is InChI=1S/C22H21NO4/c1-12-8-9-14-6-5-7-16(19(14)23-12)27-21(25)20-13(2)18-15(24)10-22(3,4)11-17(18)26-20/h5-9H,10-11H2,1-4H3. The van der Waals surface area contributed by atoms with E-state index >= 15 is 0 Å². The molecule has 5 nitrogen and oxygen atoms in total. The van der Waals surface area contributed by atoms with Crippen LogP contribution in [0.15, 0.2) is 34.7 Å². The van der Waals surface area contributed by atoms with Crippen LogP contribution in [0.3, 0.4) is 0 Å². The van der Waals surface area contributed by atoms with Gasteiger partial charge in [-0.05, 0) is 31.4 Å². The van der Waals surface area contributed by atoms with Gasteiger partial charge in [0, 0.05) is 29.5 Å². The number of nitrogens with zero attached hydrogens (tertiary/aromatic N) is 1. The van der Waals surface area contributed by atoms with Gasteiger partial charge in [0.2, 0.25) is 5.76 Å². The van der Waals surface area contributed by atoms with Gasteiger partial charge in [0.05, 0.1) is 5.56 Å². The van der Waals surface area contributed by atoms with E-state index in [0.29, 0.717) is 41.0 Å². The average Bonchev–Trinajstić information content (AvgIpc) is 2.90. The van der Waals surface area contributed by atoms with Crippen LogP contribution in [0.1, 0.15) is 58.2 Å². The molecular weight excluding hydrogens is 342 g/mol. The minimum atomic E-state index is -0.608. The maximum absolute atomic E-state index is 12.8. The fourth-order valence-electron chi connectivity index (χ4n) is 3.72. The Kier molecular flexibility index (Phi) is 3.91. The fourth-order valence-corrected chi connectivity index (χ4v) is 3.72. The highest BCUT2D eigenvalue weighted by Crippen LogP contribution is 2.38. The van der Waals surface area contributed by atoms with E-state index in [2.05, 4.69) is 4.98 Å². The van der Waals surface area contributed by atoms with E-state index in [1.54, 1.807) is 13.0 Å². The number of ketones is 1. The molecule has 0 unspecified atom stereocenters. The maximum atomic E-state index is 12.8. The van der Waals surface area contributed by atoms with Crippen LogP contribution in [0, 0.1) is 19.3 Å². The number of esters is 1. The van der Waals surface area contributed by atoms with Gasteiger partial charge in [-0.1, -0.05) is 32.0 Å². The second-order valence-corrected chi connectivity index (χ2v) is 7.97. The van der Waals surface area contributed by atoms with Gasteiger partial charge in [-0.25, -0.2) is 9.78 Å². The highest BCUT2D eigenvalue weighted by Gasteiger charge is 2.37. The third-order valence-corrected chi connectivity index (χ3v) is 4.99. The number of carbonyl (C=O) groups is 2. The molecule has 0 radical (unpaired) electrons. The monoisotopic (exact) mass is 363 g/mol. The lowest BCUT2D eigenvalue weighted by atomic mass is 9.76. The summed E-state index contributed by atoms with van der Waals surface area (Å²) in [6.45, 7) is 7.67. The molecule has 0 N–H and O–H groups in total. The zero-order valence-electron chi connectivity index (χ0n) is 15.9. The first-order chi connectivity index (χ1) is 12.7. The van der Waals surface area contributed by atoms with Crippen LogP contribution < -0.4 is 4.74 Å². The number of rotatable bonds is 2. The van der Waals surface area contributed by atoms with E-state index in [4.69, 9.17) is 9.15 Å². The molecule has 1 aliphatic carbocycles. The van der Waals surface area contributed by atoms with Crippen LogP contribution in [0.4, 0.5) is 0 Å². The lowest BCUT2D eigenvalue weighted by molar-refractivity contribution is 0.0697. The number of benzene rings is 1. The summed E-state index contributed by atoms with van der Waals surface area (Å²) in [4.78, 5) is 29.8.